The molecule has 7 rings (SSSR count). The first-order chi connectivity index (χ1) is 25.1. The predicted molar refractivity (Wildman–Crippen MR) is 181 cm³/mol. The summed E-state index contributed by atoms with van der Waals surface area (Å²) in [5.74, 6) is -0.460. The molecule has 2 saturated heterocycles. The standard InChI is InChI=1S/C38H58O15/c1-17-32(53-34-30(44)29(43)28(42)25(15-39)52-34)33(47-5)31(45)35(49-17)51-21-13-20-6-7-24-23(37(20,4)26(14-21)50-18(2)40)8-10-36(3)22(9-11-38(24,36)46)19-12-27(41)48-16-19/h12,17,20-26,28-35,39,42-46H,6-11,13-16H2,1-5H3/t17-,20+,21+,22+,23-,24-,25+,26+,28+,29-,30+,31+,32+,33+,34+,35-,36+,37-,38-/m0/s1. The number of aliphatic hydroxyl groups excluding tert-OH is 5. The Bertz CT molecular complexity index is 1410. The van der Waals surface area contributed by atoms with Gasteiger partial charge in [0, 0.05) is 37.4 Å². The van der Waals surface area contributed by atoms with Crippen molar-refractivity contribution >= 4 is 11.9 Å². The van der Waals surface area contributed by atoms with Crippen molar-refractivity contribution in [3.8, 4) is 0 Å². The highest BCUT2D eigenvalue weighted by Gasteiger charge is 2.69. The molecule has 19 atom stereocenters. The number of hydrogen-bond donors (Lipinski definition) is 6. The molecular formula is C38H58O15. The van der Waals surface area contributed by atoms with Gasteiger partial charge in [0.05, 0.1) is 24.4 Å². The van der Waals surface area contributed by atoms with Crippen molar-refractivity contribution in [2.75, 3.05) is 20.3 Å². The number of fused-ring (bicyclic) bond motifs is 5. The zero-order valence-electron chi connectivity index (χ0n) is 31.2. The van der Waals surface area contributed by atoms with Crippen molar-refractivity contribution in [2.24, 2.45) is 34.5 Å². The Morgan fingerprint density at radius 3 is 2.30 bits per heavy atom. The van der Waals surface area contributed by atoms with Crippen molar-refractivity contribution in [1.82, 2.24) is 0 Å². The van der Waals surface area contributed by atoms with Crippen LogP contribution in [0.5, 0.6) is 0 Å². The van der Waals surface area contributed by atoms with Gasteiger partial charge in [0.2, 0.25) is 0 Å². The number of rotatable bonds is 8. The number of cyclic esters (lactones) is 1. The summed E-state index contributed by atoms with van der Waals surface area (Å²) < 4.78 is 41.3. The lowest BCUT2D eigenvalue weighted by molar-refractivity contribution is -0.363. The van der Waals surface area contributed by atoms with E-state index >= 15 is 0 Å². The van der Waals surface area contributed by atoms with Crippen molar-refractivity contribution in [3.63, 3.8) is 0 Å². The van der Waals surface area contributed by atoms with Gasteiger partial charge in [0.1, 0.15) is 55.4 Å². The second kappa shape index (κ2) is 14.6. The van der Waals surface area contributed by atoms with Crippen LogP contribution in [0.2, 0.25) is 0 Å². The van der Waals surface area contributed by atoms with E-state index in [0.29, 0.717) is 19.3 Å². The zero-order chi connectivity index (χ0) is 38.2. The van der Waals surface area contributed by atoms with E-state index in [-0.39, 0.29) is 36.2 Å². The van der Waals surface area contributed by atoms with Gasteiger partial charge < -0.3 is 63.8 Å². The first-order valence-electron chi connectivity index (χ1n) is 19.3. The Balaban J connectivity index is 1.06. The molecule has 300 valence electrons. The number of aliphatic hydroxyl groups is 6. The fraction of sp³-hybridized carbons (Fsp3) is 0.895. The smallest absolute Gasteiger partial charge is 0.331 e. The first kappa shape index (κ1) is 39.5. The fourth-order valence-corrected chi connectivity index (χ4v) is 12.0. The van der Waals surface area contributed by atoms with Crippen LogP contribution in [-0.2, 0) is 42.7 Å². The van der Waals surface area contributed by atoms with E-state index in [1.54, 1.807) is 13.0 Å². The van der Waals surface area contributed by atoms with Gasteiger partial charge in [-0.15, -0.1) is 0 Å². The minimum Gasteiger partial charge on any atom is -0.462 e. The summed E-state index contributed by atoms with van der Waals surface area (Å²) in [6.07, 6.45) is -6.41. The molecular weight excluding hydrogens is 696 g/mol. The highest BCUT2D eigenvalue weighted by Crippen LogP contribution is 2.70. The third kappa shape index (κ3) is 6.39. The molecule has 0 aromatic heterocycles. The number of ether oxygens (including phenoxy) is 7. The zero-order valence-corrected chi connectivity index (χ0v) is 31.2. The molecule has 0 radical (unpaired) electrons. The molecule has 0 spiro atoms. The van der Waals surface area contributed by atoms with Crippen LogP contribution in [0.1, 0.15) is 79.1 Å². The Hall–Kier alpha value is -1.76. The van der Waals surface area contributed by atoms with Crippen LogP contribution in [0, 0.1) is 34.5 Å². The highest BCUT2D eigenvalue weighted by molar-refractivity contribution is 5.85. The molecule has 15 nitrogen and oxygen atoms in total. The van der Waals surface area contributed by atoms with Crippen LogP contribution in [0.4, 0.5) is 0 Å². The van der Waals surface area contributed by atoms with Gasteiger partial charge in [0.25, 0.3) is 0 Å². The Morgan fingerprint density at radius 1 is 0.906 bits per heavy atom. The summed E-state index contributed by atoms with van der Waals surface area (Å²) in [4.78, 5) is 24.6. The van der Waals surface area contributed by atoms with E-state index in [0.717, 1.165) is 37.7 Å². The summed E-state index contributed by atoms with van der Waals surface area (Å²) in [6.45, 7) is 7.14. The van der Waals surface area contributed by atoms with Crippen LogP contribution in [-0.4, -0.2) is 142 Å². The largest absolute Gasteiger partial charge is 0.462 e. The molecule has 0 bridgehead atoms. The molecule has 0 unspecified atom stereocenters. The van der Waals surface area contributed by atoms with E-state index in [4.69, 9.17) is 33.2 Å². The molecule has 0 amide bonds. The lowest BCUT2D eigenvalue weighted by atomic mass is 9.42. The Kier molecular flexibility index (Phi) is 10.9. The van der Waals surface area contributed by atoms with Gasteiger partial charge in [-0.1, -0.05) is 13.8 Å². The maximum atomic E-state index is 12.7. The van der Waals surface area contributed by atoms with Crippen LogP contribution < -0.4 is 0 Å². The second-order valence-electron chi connectivity index (χ2n) is 17.2. The molecule has 6 fully saturated rings. The van der Waals surface area contributed by atoms with Crippen molar-refractivity contribution in [3.05, 3.63) is 11.6 Å². The van der Waals surface area contributed by atoms with Crippen LogP contribution >= 0.6 is 0 Å². The molecule has 3 heterocycles. The lowest BCUT2D eigenvalue weighted by Gasteiger charge is -2.65. The normalized spacial score (nSPS) is 52.5. The Morgan fingerprint density at radius 2 is 1.64 bits per heavy atom. The number of hydrogen-bond acceptors (Lipinski definition) is 15. The van der Waals surface area contributed by atoms with Crippen LogP contribution in [0.15, 0.2) is 11.6 Å². The summed E-state index contributed by atoms with van der Waals surface area (Å²) in [7, 11) is 1.39. The van der Waals surface area contributed by atoms with Gasteiger partial charge in [-0.2, -0.15) is 0 Å². The third-order valence-corrected chi connectivity index (χ3v) is 14.8. The summed E-state index contributed by atoms with van der Waals surface area (Å²) in [5.41, 5.74) is -0.795. The molecule has 0 aromatic rings. The quantitative estimate of drug-likeness (QED) is 0.147. The topological polar surface area (TPSA) is 220 Å². The summed E-state index contributed by atoms with van der Waals surface area (Å²) in [5, 5.41) is 64.8. The summed E-state index contributed by atoms with van der Waals surface area (Å²) in [6, 6.07) is 0. The molecule has 0 aromatic carbocycles. The van der Waals surface area contributed by atoms with Crippen molar-refractivity contribution < 1.29 is 73.4 Å². The van der Waals surface area contributed by atoms with Crippen LogP contribution in [0.3, 0.4) is 0 Å². The van der Waals surface area contributed by atoms with Crippen molar-refractivity contribution in [1.29, 1.82) is 0 Å². The third-order valence-electron chi connectivity index (χ3n) is 14.8. The van der Waals surface area contributed by atoms with Gasteiger partial charge in [-0.25, -0.2) is 4.79 Å². The van der Waals surface area contributed by atoms with Gasteiger partial charge >= 0.3 is 11.9 Å². The molecule has 3 aliphatic heterocycles. The van der Waals surface area contributed by atoms with Crippen LogP contribution in [0.25, 0.3) is 0 Å². The van der Waals surface area contributed by atoms with Crippen molar-refractivity contribution in [2.45, 2.75) is 158 Å². The maximum Gasteiger partial charge on any atom is 0.331 e. The fourth-order valence-electron chi connectivity index (χ4n) is 12.0. The molecule has 15 heteroatoms. The van der Waals surface area contributed by atoms with Gasteiger partial charge in [-0.3, -0.25) is 4.79 Å². The molecule has 4 saturated carbocycles. The van der Waals surface area contributed by atoms with E-state index in [9.17, 15) is 40.2 Å². The van der Waals surface area contributed by atoms with E-state index in [1.807, 2.05) is 0 Å². The average Bonchev–Trinajstić information content (AvgIpc) is 3.66. The lowest BCUT2D eigenvalue weighted by Crippen LogP contribution is -2.66. The highest BCUT2D eigenvalue weighted by atomic mass is 16.7. The monoisotopic (exact) mass is 754 g/mol. The maximum absolute atomic E-state index is 12.7. The minimum atomic E-state index is -1.65. The SMILES string of the molecule is CO[C@@H]1[C@@H](O)[C@H](O[C@@H]2C[C@H]3CC[C@H]4[C@H](CC[C@]5(C)[C@@H](C6=CC(=O)OC6)CC[C@]45O)[C@@]3(C)[C@H](OC(C)=O)C2)O[C@@H](C)[C@H]1O[C@H]1O[C@H](CO)[C@@H](O)[C@H](O)[C@H]1O. The van der Waals surface area contributed by atoms with Gasteiger partial charge in [-0.05, 0) is 81.1 Å². The molecule has 4 aliphatic carbocycles. The molecule has 6 N–H and O–H groups in total. The predicted octanol–water partition coefficient (Wildman–Crippen LogP) is 0.476. The van der Waals surface area contributed by atoms with E-state index < -0.39 is 103 Å². The number of methoxy groups -OCH3 is 1. The molecule has 7 aliphatic rings. The minimum absolute atomic E-state index is 0.00547. The number of carbonyl (C=O) groups excluding carboxylic acids is 2. The number of esters is 2. The first-order valence-corrected chi connectivity index (χ1v) is 19.3. The summed E-state index contributed by atoms with van der Waals surface area (Å²) >= 11 is 0. The van der Waals surface area contributed by atoms with E-state index in [1.165, 1.54) is 14.0 Å². The number of carbonyl (C=O) groups is 2. The second-order valence-corrected chi connectivity index (χ2v) is 17.2. The van der Waals surface area contributed by atoms with E-state index in [2.05, 4.69) is 13.8 Å². The Labute approximate surface area is 309 Å². The van der Waals surface area contributed by atoms with Gasteiger partial charge in [0.15, 0.2) is 12.6 Å². The average molecular weight is 755 g/mol. The molecule has 53 heavy (non-hydrogen) atoms.